The zero-order valence-electron chi connectivity index (χ0n) is 11.2. The van der Waals surface area contributed by atoms with E-state index >= 15 is 0 Å². The van der Waals surface area contributed by atoms with Gasteiger partial charge in [-0.1, -0.05) is 36.4 Å². The Morgan fingerprint density at radius 2 is 1.65 bits per heavy atom. The minimum atomic E-state index is -0.227. The molecule has 0 aliphatic carbocycles. The number of amides is 2. The van der Waals surface area contributed by atoms with E-state index in [0.29, 0.717) is 10.5 Å². The Hall–Kier alpha value is -2.07. The lowest BCUT2D eigenvalue weighted by atomic mass is 10.0. The molecule has 3 nitrogen and oxygen atoms in total. The maximum absolute atomic E-state index is 12.3. The van der Waals surface area contributed by atoms with Gasteiger partial charge in [-0.3, -0.25) is 14.5 Å². The topological polar surface area (TPSA) is 37.4 Å². The number of thioether (sulfide) groups is 1. The standard InChI is InChI=1S/C16H13NO2S/c1-17-15(18)13(14(20-2)16(17)19)12-8-7-10-5-3-4-6-11(10)9-12/h3-9H,1-2H3. The molecule has 0 radical (unpaired) electrons. The zero-order valence-corrected chi connectivity index (χ0v) is 12.0. The maximum Gasteiger partial charge on any atom is 0.267 e. The number of benzene rings is 2. The molecule has 3 rings (SSSR count). The number of hydrogen-bond acceptors (Lipinski definition) is 3. The zero-order chi connectivity index (χ0) is 14.3. The molecule has 20 heavy (non-hydrogen) atoms. The summed E-state index contributed by atoms with van der Waals surface area (Å²) in [6.45, 7) is 0. The minimum Gasteiger partial charge on any atom is -0.277 e. The molecule has 2 aromatic carbocycles. The number of likely N-dealkylation sites (N-methyl/N-ethyl adjacent to an activating group) is 1. The van der Waals surface area contributed by atoms with Gasteiger partial charge in [-0.2, -0.15) is 0 Å². The number of carbonyl (C=O) groups excluding carboxylic acids is 2. The van der Waals surface area contributed by atoms with Crippen LogP contribution >= 0.6 is 11.8 Å². The van der Waals surface area contributed by atoms with E-state index in [0.717, 1.165) is 16.3 Å². The molecule has 0 unspecified atom stereocenters. The Balaban J connectivity index is 2.21. The first-order valence-electron chi connectivity index (χ1n) is 6.23. The highest BCUT2D eigenvalue weighted by atomic mass is 32.2. The van der Waals surface area contributed by atoms with Crippen molar-refractivity contribution >= 4 is 39.9 Å². The summed E-state index contributed by atoms with van der Waals surface area (Å²) >= 11 is 1.32. The molecule has 2 amide bonds. The van der Waals surface area contributed by atoms with Crippen LogP contribution in [0.4, 0.5) is 0 Å². The molecule has 0 aromatic heterocycles. The van der Waals surface area contributed by atoms with E-state index in [9.17, 15) is 9.59 Å². The first kappa shape index (κ1) is 12.9. The maximum atomic E-state index is 12.3. The van der Waals surface area contributed by atoms with Gasteiger partial charge < -0.3 is 0 Å². The third kappa shape index (κ3) is 1.84. The molecule has 0 bridgehead atoms. The Morgan fingerprint density at radius 1 is 0.950 bits per heavy atom. The van der Waals surface area contributed by atoms with Gasteiger partial charge in [0.1, 0.15) is 0 Å². The van der Waals surface area contributed by atoms with Crippen LogP contribution in [0.5, 0.6) is 0 Å². The number of rotatable bonds is 2. The van der Waals surface area contributed by atoms with Crippen molar-refractivity contribution in [1.29, 1.82) is 0 Å². The van der Waals surface area contributed by atoms with Gasteiger partial charge in [0.15, 0.2) is 0 Å². The molecule has 100 valence electrons. The molecule has 1 aliphatic rings. The lowest BCUT2D eigenvalue weighted by Crippen LogP contribution is -2.26. The van der Waals surface area contributed by atoms with E-state index in [1.165, 1.54) is 23.7 Å². The molecule has 4 heteroatoms. The number of imide groups is 1. The monoisotopic (exact) mass is 283 g/mol. The molecule has 0 spiro atoms. The predicted octanol–water partition coefficient (Wildman–Crippen LogP) is 2.91. The second-order valence-corrected chi connectivity index (χ2v) is 5.46. The van der Waals surface area contributed by atoms with Crippen LogP contribution in [-0.4, -0.2) is 30.0 Å². The van der Waals surface area contributed by atoms with Crippen LogP contribution in [0.2, 0.25) is 0 Å². The normalized spacial score (nSPS) is 15.6. The molecule has 0 N–H and O–H groups in total. The second-order valence-electron chi connectivity index (χ2n) is 4.64. The van der Waals surface area contributed by atoms with Crippen molar-refractivity contribution in [2.24, 2.45) is 0 Å². The molecule has 2 aromatic rings. The van der Waals surface area contributed by atoms with Crippen LogP contribution < -0.4 is 0 Å². The highest BCUT2D eigenvalue weighted by Gasteiger charge is 2.35. The molecule has 1 heterocycles. The summed E-state index contributed by atoms with van der Waals surface area (Å²) in [5.74, 6) is -0.444. The lowest BCUT2D eigenvalue weighted by molar-refractivity contribution is -0.134. The van der Waals surface area contributed by atoms with Crippen LogP contribution in [-0.2, 0) is 9.59 Å². The summed E-state index contributed by atoms with van der Waals surface area (Å²) in [5, 5.41) is 2.18. The smallest absolute Gasteiger partial charge is 0.267 e. The summed E-state index contributed by atoms with van der Waals surface area (Å²) in [5.41, 5.74) is 1.31. The molecular weight excluding hydrogens is 270 g/mol. The van der Waals surface area contributed by atoms with Crippen LogP contribution in [0.1, 0.15) is 5.56 Å². The average Bonchev–Trinajstić information content (AvgIpc) is 2.70. The van der Waals surface area contributed by atoms with Crippen molar-refractivity contribution in [3.05, 3.63) is 52.9 Å². The van der Waals surface area contributed by atoms with E-state index in [-0.39, 0.29) is 11.8 Å². The number of nitrogens with zero attached hydrogens (tertiary/aromatic N) is 1. The quantitative estimate of drug-likeness (QED) is 0.795. The molecule has 0 atom stereocenters. The summed E-state index contributed by atoms with van der Waals surface area (Å²) in [4.78, 5) is 26.0. The minimum absolute atomic E-state index is 0.217. The number of hydrogen-bond donors (Lipinski definition) is 0. The SMILES string of the molecule is CSC1=C(c2ccc3ccccc3c2)C(=O)N(C)C1=O. The highest BCUT2D eigenvalue weighted by Crippen LogP contribution is 2.35. The Labute approximate surface area is 121 Å². The number of fused-ring (bicyclic) bond motifs is 1. The molecule has 0 saturated carbocycles. The highest BCUT2D eigenvalue weighted by molar-refractivity contribution is 8.03. The van der Waals surface area contributed by atoms with Gasteiger partial charge in [0.2, 0.25) is 0 Å². The van der Waals surface area contributed by atoms with Crippen LogP contribution in [0.3, 0.4) is 0 Å². The van der Waals surface area contributed by atoms with Crippen molar-refractivity contribution in [3.8, 4) is 0 Å². The lowest BCUT2D eigenvalue weighted by Gasteiger charge is -2.07. The van der Waals surface area contributed by atoms with Crippen molar-refractivity contribution in [3.63, 3.8) is 0 Å². The Morgan fingerprint density at radius 3 is 2.35 bits per heavy atom. The average molecular weight is 283 g/mol. The van der Waals surface area contributed by atoms with Gasteiger partial charge >= 0.3 is 0 Å². The van der Waals surface area contributed by atoms with Gasteiger partial charge in [0.05, 0.1) is 10.5 Å². The van der Waals surface area contributed by atoms with Crippen LogP contribution in [0.25, 0.3) is 16.3 Å². The van der Waals surface area contributed by atoms with Crippen molar-refractivity contribution in [2.45, 2.75) is 0 Å². The van der Waals surface area contributed by atoms with E-state index in [1.807, 2.05) is 48.7 Å². The fourth-order valence-electron chi connectivity index (χ4n) is 2.41. The molecule has 0 fully saturated rings. The van der Waals surface area contributed by atoms with Crippen molar-refractivity contribution in [2.75, 3.05) is 13.3 Å². The van der Waals surface area contributed by atoms with Gasteiger partial charge in [0.25, 0.3) is 11.8 Å². The summed E-state index contributed by atoms with van der Waals surface area (Å²) in [6, 6.07) is 13.8. The van der Waals surface area contributed by atoms with E-state index in [2.05, 4.69) is 0 Å². The Bertz CT molecular complexity index is 764. The summed E-state index contributed by atoms with van der Waals surface area (Å²) in [6.07, 6.45) is 1.82. The van der Waals surface area contributed by atoms with E-state index in [1.54, 1.807) is 0 Å². The van der Waals surface area contributed by atoms with Gasteiger partial charge in [-0.05, 0) is 28.7 Å². The van der Waals surface area contributed by atoms with Crippen LogP contribution in [0, 0.1) is 0 Å². The first-order chi connectivity index (χ1) is 9.63. The largest absolute Gasteiger partial charge is 0.277 e. The predicted molar refractivity (Wildman–Crippen MR) is 82.2 cm³/mol. The van der Waals surface area contributed by atoms with Crippen molar-refractivity contribution in [1.82, 2.24) is 4.90 Å². The van der Waals surface area contributed by atoms with Gasteiger partial charge in [-0.15, -0.1) is 11.8 Å². The summed E-state index contributed by atoms with van der Waals surface area (Å²) in [7, 11) is 1.52. The number of carbonyl (C=O) groups is 2. The van der Waals surface area contributed by atoms with E-state index < -0.39 is 0 Å². The van der Waals surface area contributed by atoms with Gasteiger partial charge in [0, 0.05) is 7.05 Å². The molecule has 0 saturated heterocycles. The fourth-order valence-corrected chi connectivity index (χ4v) is 3.13. The van der Waals surface area contributed by atoms with Gasteiger partial charge in [-0.25, -0.2) is 0 Å². The first-order valence-corrected chi connectivity index (χ1v) is 7.46. The van der Waals surface area contributed by atoms with E-state index in [4.69, 9.17) is 0 Å². The third-order valence-electron chi connectivity index (χ3n) is 3.49. The fraction of sp³-hybridized carbons (Fsp3) is 0.125. The molecule has 1 aliphatic heterocycles. The second kappa shape index (κ2) is 4.80. The molecular formula is C16H13NO2S. The third-order valence-corrected chi connectivity index (χ3v) is 4.27. The summed E-state index contributed by atoms with van der Waals surface area (Å²) < 4.78 is 0. The van der Waals surface area contributed by atoms with Crippen LogP contribution in [0.15, 0.2) is 47.4 Å². The Kier molecular flexibility index (Phi) is 3.10. The van der Waals surface area contributed by atoms with Crippen molar-refractivity contribution < 1.29 is 9.59 Å².